The lowest BCUT2D eigenvalue weighted by molar-refractivity contribution is 0.0211. The van der Waals surface area contributed by atoms with Crippen LogP contribution in [-0.4, -0.2) is 31.9 Å². The first-order valence-electron chi connectivity index (χ1n) is 11.7. The number of hydrogen-bond donors (Lipinski definition) is 1. The third kappa shape index (κ3) is 5.92. The van der Waals surface area contributed by atoms with E-state index in [1.54, 1.807) is 0 Å². The van der Waals surface area contributed by atoms with Crippen LogP contribution in [0.4, 0.5) is 0 Å². The van der Waals surface area contributed by atoms with Gasteiger partial charge in [0.25, 0.3) is 8.32 Å². The highest BCUT2D eigenvalue weighted by Gasteiger charge is 2.52. The van der Waals surface area contributed by atoms with Crippen LogP contribution < -0.4 is 10.4 Å². The fourth-order valence-corrected chi connectivity index (χ4v) is 8.99. The van der Waals surface area contributed by atoms with Gasteiger partial charge in [0.2, 0.25) is 0 Å². The number of nitrogens with zero attached hydrogens (tertiary/aromatic N) is 1. The van der Waals surface area contributed by atoms with Crippen LogP contribution in [0.3, 0.4) is 0 Å². The van der Waals surface area contributed by atoms with Crippen LogP contribution in [0.15, 0.2) is 108 Å². The Balaban J connectivity index is 2.08. The molecule has 0 saturated heterocycles. The smallest absolute Gasteiger partial charge is 0.262 e. The molecule has 0 saturated carbocycles. The molecule has 0 fully saturated rings. The second-order valence-electron chi connectivity index (χ2n) is 9.30. The average Bonchev–Trinajstić information content (AvgIpc) is 2.85. The van der Waals surface area contributed by atoms with E-state index in [9.17, 15) is 5.21 Å². The largest absolute Gasteiger partial charge is 0.411 e. The lowest BCUT2D eigenvalue weighted by Crippen LogP contribution is -2.68. The quantitative estimate of drug-likeness (QED) is 0.138. The molecule has 0 amide bonds. The van der Waals surface area contributed by atoms with Crippen LogP contribution in [0.25, 0.3) is 0 Å². The summed E-state index contributed by atoms with van der Waals surface area (Å²) in [6.45, 7) is 9.07. The Kier molecular flexibility index (Phi) is 8.99. The zero-order valence-corrected chi connectivity index (χ0v) is 21.5. The van der Waals surface area contributed by atoms with E-state index >= 15 is 0 Å². The van der Waals surface area contributed by atoms with E-state index in [-0.39, 0.29) is 5.04 Å². The van der Waals surface area contributed by atoms with Crippen LogP contribution in [0.5, 0.6) is 0 Å². The molecule has 0 heterocycles. The van der Waals surface area contributed by atoms with Gasteiger partial charge in [0.1, 0.15) is 6.10 Å². The summed E-state index contributed by atoms with van der Waals surface area (Å²) in [5, 5.41) is 15.0. The highest BCUT2D eigenvalue weighted by atomic mass is 28.4. The Hall–Kier alpha value is -2.99. The van der Waals surface area contributed by atoms with E-state index in [4.69, 9.17) is 9.16 Å². The first-order chi connectivity index (χ1) is 16.4. The van der Waals surface area contributed by atoms with Gasteiger partial charge in [-0.1, -0.05) is 129 Å². The summed E-state index contributed by atoms with van der Waals surface area (Å²) in [6.07, 6.45) is 4.37. The highest BCUT2D eigenvalue weighted by molar-refractivity contribution is 6.99. The summed E-state index contributed by atoms with van der Waals surface area (Å²) in [4.78, 5) is 0. The molecule has 1 N–H and O–H groups in total. The fraction of sp³-hybridized carbons (Fsp3) is 0.276. The molecule has 4 nitrogen and oxygen atoms in total. The molecule has 0 aliphatic heterocycles. The molecular formula is C29H35NO3Si. The van der Waals surface area contributed by atoms with Gasteiger partial charge in [-0.2, -0.15) is 0 Å². The summed E-state index contributed by atoms with van der Waals surface area (Å²) in [5.74, 6) is 0. The van der Waals surface area contributed by atoms with Crippen molar-refractivity contribution in [3.63, 3.8) is 0 Å². The Bertz CT molecular complexity index is 1010. The summed E-state index contributed by atoms with van der Waals surface area (Å²) < 4.78 is 13.5. The molecule has 178 valence electrons. The van der Waals surface area contributed by atoms with Crippen LogP contribution in [-0.2, 0) is 15.8 Å². The molecule has 0 unspecified atom stereocenters. The Morgan fingerprint density at radius 1 is 0.824 bits per heavy atom. The summed E-state index contributed by atoms with van der Waals surface area (Å²) >= 11 is 0. The molecule has 0 aliphatic rings. The number of hydrogen-bond acceptors (Lipinski definition) is 4. The lowest BCUT2D eigenvalue weighted by atomic mass is 10.2. The predicted molar refractivity (Wildman–Crippen MR) is 143 cm³/mol. The molecule has 3 aromatic rings. The third-order valence-electron chi connectivity index (χ3n) is 5.93. The van der Waals surface area contributed by atoms with Gasteiger partial charge >= 0.3 is 0 Å². The minimum atomic E-state index is -2.82. The number of rotatable bonds is 10. The van der Waals surface area contributed by atoms with Crippen molar-refractivity contribution >= 4 is 24.9 Å². The highest BCUT2D eigenvalue weighted by Crippen LogP contribution is 2.38. The lowest BCUT2D eigenvalue weighted by Gasteiger charge is -2.45. The maximum absolute atomic E-state index is 9.46. The van der Waals surface area contributed by atoms with E-state index in [1.165, 1.54) is 16.6 Å². The monoisotopic (exact) mass is 473 g/mol. The second-order valence-corrected chi connectivity index (χ2v) is 13.6. The van der Waals surface area contributed by atoms with Crippen molar-refractivity contribution in [1.29, 1.82) is 0 Å². The Labute approximate surface area is 204 Å². The van der Waals surface area contributed by atoms with Gasteiger partial charge < -0.3 is 14.4 Å². The number of oxime groups is 1. The van der Waals surface area contributed by atoms with E-state index in [2.05, 4.69) is 74.5 Å². The average molecular weight is 474 g/mol. The molecule has 34 heavy (non-hydrogen) atoms. The SMILES string of the molecule is C/C=C/[C@H](O[Si](c1ccccc1)(c1ccccc1)C(C)(C)C)[C@H](/C=N/O)OCc1ccccc1. The van der Waals surface area contributed by atoms with Gasteiger partial charge in [0.15, 0.2) is 0 Å². The van der Waals surface area contributed by atoms with Crippen molar-refractivity contribution in [3.8, 4) is 0 Å². The molecule has 2 atom stereocenters. The zero-order chi connectivity index (χ0) is 24.4. The van der Waals surface area contributed by atoms with Gasteiger partial charge in [-0.15, -0.1) is 0 Å². The van der Waals surface area contributed by atoms with Gasteiger partial charge in [-0.3, -0.25) is 0 Å². The van der Waals surface area contributed by atoms with Crippen molar-refractivity contribution < 1.29 is 14.4 Å². The van der Waals surface area contributed by atoms with Gasteiger partial charge in [0.05, 0.1) is 18.9 Å². The van der Waals surface area contributed by atoms with Gasteiger partial charge in [-0.25, -0.2) is 0 Å². The number of allylic oxidation sites excluding steroid dienone is 1. The van der Waals surface area contributed by atoms with Crippen molar-refractivity contribution in [2.24, 2.45) is 5.16 Å². The molecule has 0 spiro atoms. The fourth-order valence-electron chi connectivity index (χ4n) is 4.36. The zero-order valence-electron chi connectivity index (χ0n) is 20.5. The molecule has 3 rings (SSSR count). The van der Waals surface area contributed by atoms with Crippen molar-refractivity contribution in [1.82, 2.24) is 0 Å². The summed E-state index contributed by atoms with van der Waals surface area (Å²) in [5.41, 5.74) is 1.04. The molecule has 0 radical (unpaired) electrons. The Morgan fingerprint density at radius 3 is 1.76 bits per heavy atom. The second kappa shape index (κ2) is 11.9. The summed E-state index contributed by atoms with van der Waals surface area (Å²) in [6, 6.07) is 31.0. The van der Waals surface area contributed by atoms with E-state index in [1.807, 2.05) is 61.5 Å². The number of benzene rings is 3. The van der Waals surface area contributed by atoms with E-state index < -0.39 is 20.5 Å². The first-order valence-corrected chi connectivity index (χ1v) is 13.6. The normalized spacial score (nSPS) is 14.5. The standard InChI is InChI=1S/C29H35NO3Si/c1-5-15-27(28(22-30-31)32-23-24-16-9-6-10-17-24)33-34(29(2,3)4,25-18-11-7-12-19-25)26-20-13-8-14-21-26/h5-22,27-28,31H,23H2,1-4H3/b15-5+,30-22+/t27-,28-/m0/s1. The Morgan fingerprint density at radius 2 is 1.32 bits per heavy atom. The molecular weight excluding hydrogens is 438 g/mol. The minimum Gasteiger partial charge on any atom is -0.411 e. The minimum absolute atomic E-state index is 0.185. The van der Waals surface area contributed by atoms with Crippen molar-refractivity contribution in [3.05, 3.63) is 109 Å². The van der Waals surface area contributed by atoms with E-state index in [0.717, 1.165) is 5.56 Å². The van der Waals surface area contributed by atoms with Crippen LogP contribution >= 0.6 is 0 Å². The van der Waals surface area contributed by atoms with Gasteiger partial charge in [-0.05, 0) is 27.9 Å². The van der Waals surface area contributed by atoms with Crippen molar-refractivity contribution in [2.45, 2.75) is 51.5 Å². The van der Waals surface area contributed by atoms with Crippen LogP contribution in [0.2, 0.25) is 5.04 Å². The molecule has 0 aliphatic carbocycles. The topological polar surface area (TPSA) is 51.0 Å². The maximum Gasteiger partial charge on any atom is 0.262 e. The van der Waals surface area contributed by atoms with Crippen LogP contribution in [0, 0.1) is 0 Å². The van der Waals surface area contributed by atoms with Gasteiger partial charge in [0, 0.05) is 0 Å². The third-order valence-corrected chi connectivity index (χ3v) is 11.0. The van der Waals surface area contributed by atoms with Crippen LogP contribution in [0.1, 0.15) is 33.3 Å². The number of ether oxygens (including phenoxy) is 1. The molecule has 5 heteroatoms. The molecule has 0 aromatic heterocycles. The molecule has 3 aromatic carbocycles. The van der Waals surface area contributed by atoms with Crippen molar-refractivity contribution in [2.75, 3.05) is 0 Å². The van der Waals surface area contributed by atoms with E-state index in [0.29, 0.717) is 6.61 Å². The first kappa shape index (κ1) is 25.6. The predicted octanol–water partition coefficient (Wildman–Crippen LogP) is 5.55. The maximum atomic E-state index is 9.46. The molecule has 0 bridgehead atoms. The summed E-state index contributed by atoms with van der Waals surface area (Å²) in [7, 11) is -2.82.